The number of benzene rings is 3. The van der Waals surface area contributed by atoms with E-state index in [1.807, 2.05) is 85.9 Å². The van der Waals surface area contributed by atoms with E-state index in [2.05, 4.69) is 16.0 Å². The Labute approximate surface area is 193 Å². The molecule has 0 unspecified atom stereocenters. The van der Waals surface area contributed by atoms with E-state index < -0.39 is 0 Å². The Balaban J connectivity index is 1.66. The lowest BCUT2D eigenvalue weighted by Crippen LogP contribution is -2.28. The Morgan fingerprint density at radius 1 is 0.875 bits per heavy atom. The van der Waals surface area contributed by atoms with Crippen LogP contribution in [0.25, 0.3) is 0 Å². The van der Waals surface area contributed by atoms with Crippen LogP contribution in [0.3, 0.4) is 0 Å². The summed E-state index contributed by atoms with van der Waals surface area (Å²) in [5.74, 6) is -0.179. The van der Waals surface area contributed by atoms with Crippen LogP contribution < -0.4 is 20.9 Å². The smallest absolute Gasteiger partial charge is 0.323 e. The highest BCUT2D eigenvalue weighted by Gasteiger charge is 2.15. The van der Waals surface area contributed by atoms with Crippen LogP contribution in [0.4, 0.5) is 21.9 Å². The Kier molecular flexibility index (Phi) is 8.16. The van der Waals surface area contributed by atoms with E-state index in [-0.39, 0.29) is 11.9 Å². The zero-order valence-corrected chi connectivity index (χ0v) is 19.3. The summed E-state index contributed by atoms with van der Waals surface area (Å²) in [6.07, 6.45) is 2.75. The van der Waals surface area contributed by atoms with Crippen LogP contribution in [0.15, 0.2) is 77.7 Å². The number of nitrogens with zero attached hydrogens (tertiary/aromatic N) is 1. The summed E-state index contributed by atoms with van der Waals surface area (Å²) in [6, 6.07) is 22.6. The predicted octanol–water partition coefficient (Wildman–Crippen LogP) is 5.09. The first-order valence-electron chi connectivity index (χ1n) is 10.3. The SMILES string of the molecule is CSc1ccc(NC(=O)Nc2ccc(N(C)C)c(C(=O)NCCc3ccccc3)c2)cc1. The molecule has 3 aromatic rings. The number of carbonyl (C=O) groups is 2. The maximum absolute atomic E-state index is 12.9. The molecule has 7 heteroatoms. The zero-order chi connectivity index (χ0) is 22.9. The van der Waals surface area contributed by atoms with E-state index in [1.165, 1.54) is 5.56 Å². The molecular formula is C25H28N4O2S. The van der Waals surface area contributed by atoms with Gasteiger partial charge in [0.15, 0.2) is 0 Å². The van der Waals surface area contributed by atoms with E-state index in [4.69, 9.17) is 0 Å². The molecule has 0 bridgehead atoms. The van der Waals surface area contributed by atoms with Crippen molar-refractivity contribution >= 4 is 40.8 Å². The second-order valence-electron chi connectivity index (χ2n) is 7.43. The number of hydrogen-bond acceptors (Lipinski definition) is 4. The van der Waals surface area contributed by atoms with Crippen LogP contribution >= 0.6 is 11.8 Å². The van der Waals surface area contributed by atoms with E-state index in [9.17, 15) is 9.59 Å². The molecule has 0 saturated carbocycles. The second-order valence-corrected chi connectivity index (χ2v) is 8.31. The van der Waals surface area contributed by atoms with Crippen LogP contribution in [-0.4, -0.2) is 38.8 Å². The van der Waals surface area contributed by atoms with E-state index in [1.54, 1.807) is 23.9 Å². The van der Waals surface area contributed by atoms with Gasteiger partial charge in [-0.05, 0) is 60.7 Å². The van der Waals surface area contributed by atoms with Gasteiger partial charge in [0.1, 0.15) is 0 Å². The first-order valence-corrected chi connectivity index (χ1v) is 11.5. The van der Waals surface area contributed by atoms with Gasteiger partial charge in [-0.3, -0.25) is 4.79 Å². The average molecular weight is 449 g/mol. The highest BCUT2D eigenvalue weighted by Crippen LogP contribution is 2.23. The molecule has 0 aliphatic rings. The minimum atomic E-state index is -0.366. The molecule has 0 atom stereocenters. The molecule has 166 valence electrons. The lowest BCUT2D eigenvalue weighted by atomic mass is 10.1. The molecule has 0 aromatic heterocycles. The first kappa shape index (κ1) is 23.2. The number of anilines is 3. The molecule has 3 aromatic carbocycles. The molecular weight excluding hydrogens is 420 g/mol. The van der Waals surface area contributed by atoms with Crippen molar-refractivity contribution in [3.05, 3.63) is 83.9 Å². The molecule has 0 saturated heterocycles. The quantitative estimate of drug-likeness (QED) is 0.420. The van der Waals surface area contributed by atoms with Gasteiger partial charge in [0.25, 0.3) is 5.91 Å². The standard InChI is InChI=1S/C25H28N4O2S/c1-29(2)23-14-11-20(28-25(31)27-19-9-12-21(32-3)13-10-19)17-22(23)24(30)26-16-15-18-7-5-4-6-8-18/h4-14,17H,15-16H2,1-3H3,(H,26,30)(H2,27,28,31). The highest BCUT2D eigenvalue weighted by atomic mass is 32.2. The second kappa shape index (κ2) is 11.2. The van der Waals surface area contributed by atoms with Gasteiger partial charge in [-0.2, -0.15) is 0 Å². The average Bonchev–Trinajstić information content (AvgIpc) is 2.80. The zero-order valence-electron chi connectivity index (χ0n) is 18.5. The van der Waals surface area contributed by atoms with Gasteiger partial charge in [0.2, 0.25) is 0 Å². The number of hydrogen-bond donors (Lipinski definition) is 3. The van der Waals surface area contributed by atoms with Gasteiger partial charge in [-0.15, -0.1) is 11.8 Å². The van der Waals surface area contributed by atoms with Crippen molar-refractivity contribution in [1.82, 2.24) is 5.32 Å². The third-order valence-corrected chi connectivity index (χ3v) is 5.61. The van der Waals surface area contributed by atoms with Gasteiger partial charge < -0.3 is 20.9 Å². The molecule has 0 heterocycles. The third kappa shape index (κ3) is 6.52. The van der Waals surface area contributed by atoms with Crippen molar-refractivity contribution in [3.63, 3.8) is 0 Å². The summed E-state index contributed by atoms with van der Waals surface area (Å²) in [7, 11) is 3.77. The lowest BCUT2D eigenvalue weighted by molar-refractivity contribution is 0.0954. The number of rotatable bonds is 8. The number of thioether (sulfide) groups is 1. The summed E-state index contributed by atoms with van der Waals surface area (Å²) >= 11 is 1.64. The van der Waals surface area contributed by atoms with Crippen LogP contribution in [0.5, 0.6) is 0 Å². The number of carbonyl (C=O) groups excluding carboxylic acids is 2. The van der Waals surface area contributed by atoms with Gasteiger partial charge >= 0.3 is 6.03 Å². The number of amides is 3. The third-order valence-electron chi connectivity index (χ3n) is 4.87. The molecule has 0 aliphatic heterocycles. The van der Waals surface area contributed by atoms with Crippen molar-refractivity contribution < 1.29 is 9.59 Å². The normalized spacial score (nSPS) is 10.3. The van der Waals surface area contributed by atoms with E-state index in [0.717, 1.165) is 17.0 Å². The highest BCUT2D eigenvalue weighted by molar-refractivity contribution is 7.98. The van der Waals surface area contributed by atoms with Crippen LogP contribution in [0.1, 0.15) is 15.9 Å². The molecule has 32 heavy (non-hydrogen) atoms. The Morgan fingerprint density at radius 2 is 1.53 bits per heavy atom. The van der Waals surface area contributed by atoms with Gasteiger partial charge in [0.05, 0.1) is 5.56 Å². The first-order chi connectivity index (χ1) is 15.5. The summed E-state index contributed by atoms with van der Waals surface area (Å²) < 4.78 is 0. The summed E-state index contributed by atoms with van der Waals surface area (Å²) in [4.78, 5) is 28.3. The molecule has 3 amide bonds. The van der Waals surface area contributed by atoms with Crippen molar-refractivity contribution in [2.45, 2.75) is 11.3 Å². The largest absolute Gasteiger partial charge is 0.377 e. The lowest BCUT2D eigenvalue weighted by Gasteiger charge is -2.18. The Morgan fingerprint density at radius 3 is 2.19 bits per heavy atom. The van der Waals surface area contributed by atoms with E-state index >= 15 is 0 Å². The van der Waals surface area contributed by atoms with E-state index in [0.29, 0.717) is 23.5 Å². The van der Waals surface area contributed by atoms with Crippen molar-refractivity contribution in [2.24, 2.45) is 0 Å². The Hall–Kier alpha value is -3.45. The fourth-order valence-corrected chi connectivity index (χ4v) is 3.62. The molecule has 0 aliphatic carbocycles. The Bertz CT molecular complexity index is 1050. The van der Waals surface area contributed by atoms with Gasteiger partial charge in [0, 0.05) is 42.6 Å². The van der Waals surface area contributed by atoms with Gasteiger partial charge in [-0.25, -0.2) is 4.79 Å². The molecule has 3 rings (SSSR count). The van der Waals surface area contributed by atoms with Gasteiger partial charge in [-0.1, -0.05) is 30.3 Å². The molecule has 0 radical (unpaired) electrons. The van der Waals surface area contributed by atoms with Crippen LogP contribution in [0, 0.1) is 0 Å². The fraction of sp³-hybridized carbons (Fsp3) is 0.200. The topological polar surface area (TPSA) is 73.5 Å². The summed E-state index contributed by atoms with van der Waals surface area (Å²) in [5, 5.41) is 8.60. The monoisotopic (exact) mass is 448 g/mol. The fourth-order valence-electron chi connectivity index (χ4n) is 3.21. The van der Waals surface area contributed by atoms with Crippen LogP contribution in [0.2, 0.25) is 0 Å². The predicted molar refractivity (Wildman–Crippen MR) is 134 cm³/mol. The molecule has 6 nitrogen and oxygen atoms in total. The van der Waals surface area contributed by atoms with Crippen molar-refractivity contribution in [1.29, 1.82) is 0 Å². The summed E-state index contributed by atoms with van der Waals surface area (Å²) in [6.45, 7) is 0.528. The molecule has 3 N–H and O–H groups in total. The number of urea groups is 1. The molecule has 0 spiro atoms. The summed E-state index contributed by atoms with van der Waals surface area (Å²) in [5.41, 5.74) is 3.69. The minimum Gasteiger partial charge on any atom is -0.377 e. The van der Waals surface area contributed by atoms with Crippen molar-refractivity contribution in [2.75, 3.05) is 42.4 Å². The molecule has 0 fully saturated rings. The minimum absolute atomic E-state index is 0.179. The van der Waals surface area contributed by atoms with Crippen molar-refractivity contribution in [3.8, 4) is 0 Å². The maximum atomic E-state index is 12.9. The number of nitrogens with one attached hydrogen (secondary N) is 3. The van der Waals surface area contributed by atoms with Crippen LogP contribution in [-0.2, 0) is 6.42 Å². The maximum Gasteiger partial charge on any atom is 0.323 e.